The Hall–Kier alpha value is -3.55. The maximum absolute atomic E-state index is 12.7. The SMILES string of the molecule is Cn1c2ccccc2c2cc(NC(=O)CN3CCC(Nc4ccc(O)cc4CO)CC3)ccc21. The van der Waals surface area contributed by atoms with Crippen molar-refractivity contribution in [2.45, 2.75) is 25.5 Å². The number of hydrogen-bond donors (Lipinski definition) is 4. The molecule has 34 heavy (non-hydrogen) atoms. The van der Waals surface area contributed by atoms with Crippen molar-refractivity contribution >= 4 is 39.1 Å². The lowest BCUT2D eigenvalue weighted by molar-refractivity contribution is -0.117. The van der Waals surface area contributed by atoms with Gasteiger partial charge in [-0.05, 0) is 55.3 Å². The number of carbonyl (C=O) groups is 1. The summed E-state index contributed by atoms with van der Waals surface area (Å²) in [6, 6.07) is 19.7. The minimum Gasteiger partial charge on any atom is -0.508 e. The molecule has 2 heterocycles. The van der Waals surface area contributed by atoms with Crippen molar-refractivity contribution in [1.82, 2.24) is 9.47 Å². The number of nitrogens with one attached hydrogen (secondary N) is 2. The monoisotopic (exact) mass is 458 g/mol. The van der Waals surface area contributed by atoms with Crippen LogP contribution in [0.1, 0.15) is 18.4 Å². The van der Waals surface area contributed by atoms with Crippen LogP contribution in [0, 0.1) is 0 Å². The normalized spacial score (nSPS) is 15.1. The molecule has 4 N–H and O–H groups in total. The van der Waals surface area contributed by atoms with Gasteiger partial charge in [-0.15, -0.1) is 0 Å². The Morgan fingerprint density at radius 1 is 1.00 bits per heavy atom. The molecule has 1 fully saturated rings. The summed E-state index contributed by atoms with van der Waals surface area (Å²) >= 11 is 0. The summed E-state index contributed by atoms with van der Waals surface area (Å²) in [6.07, 6.45) is 1.81. The quantitative estimate of drug-likeness (QED) is 0.328. The molecule has 0 aliphatic carbocycles. The molecule has 4 aromatic rings. The first kappa shape index (κ1) is 22.3. The molecule has 1 amide bonds. The van der Waals surface area contributed by atoms with Crippen LogP contribution in [-0.2, 0) is 18.4 Å². The molecule has 3 aromatic carbocycles. The van der Waals surface area contributed by atoms with Crippen LogP contribution < -0.4 is 10.6 Å². The second kappa shape index (κ2) is 9.37. The van der Waals surface area contributed by atoms with Gasteiger partial charge in [0, 0.05) is 64.9 Å². The van der Waals surface area contributed by atoms with E-state index in [0.717, 1.165) is 48.2 Å². The highest BCUT2D eigenvalue weighted by atomic mass is 16.3. The molecule has 1 saturated heterocycles. The van der Waals surface area contributed by atoms with Gasteiger partial charge in [0.1, 0.15) is 5.75 Å². The number of aromatic hydroxyl groups is 1. The minimum atomic E-state index is -0.125. The van der Waals surface area contributed by atoms with Crippen LogP contribution in [0.5, 0.6) is 5.75 Å². The average Bonchev–Trinajstić information content (AvgIpc) is 3.13. The van der Waals surface area contributed by atoms with Crippen LogP contribution >= 0.6 is 0 Å². The number of aryl methyl sites for hydroxylation is 1. The maximum Gasteiger partial charge on any atom is 0.238 e. The third kappa shape index (κ3) is 4.44. The van der Waals surface area contributed by atoms with E-state index in [4.69, 9.17) is 0 Å². The smallest absolute Gasteiger partial charge is 0.238 e. The number of hydrogen-bond acceptors (Lipinski definition) is 5. The van der Waals surface area contributed by atoms with Crippen LogP contribution in [0.15, 0.2) is 60.7 Å². The summed E-state index contributed by atoms with van der Waals surface area (Å²) in [5.41, 5.74) is 4.67. The lowest BCUT2D eigenvalue weighted by Gasteiger charge is -2.32. The Balaban J connectivity index is 1.18. The van der Waals surface area contributed by atoms with Gasteiger partial charge >= 0.3 is 0 Å². The number of piperidine rings is 1. The Labute approximate surface area is 198 Å². The first-order valence-electron chi connectivity index (χ1n) is 11.7. The number of para-hydroxylation sites is 1. The predicted octanol–water partition coefficient (Wildman–Crippen LogP) is 4.04. The van der Waals surface area contributed by atoms with E-state index < -0.39 is 0 Å². The van der Waals surface area contributed by atoms with Gasteiger partial charge in [-0.3, -0.25) is 9.69 Å². The van der Waals surface area contributed by atoms with E-state index >= 15 is 0 Å². The number of rotatable bonds is 6. The Morgan fingerprint density at radius 3 is 2.56 bits per heavy atom. The number of anilines is 2. The topological polar surface area (TPSA) is 89.8 Å². The number of aliphatic hydroxyl groups excluding tert-OH is 1. The van der Waals surface area contributed by atoms with Crippen molar-refractivity contribution in [1.29, 1.82) is 0 Å². The van der Waals surface area contributed by atoms with Crippen molar-refractivity contribution in [3.8, 4) is 5.75 Å². The molecule has 0 spiro atoms. The van der Waals surface area contributed by atoms with Gasteiger partial charge in [-0.1, -0.05) is 18.2 Å². The van der Waals surface area contributed by atoms with Crippen LogP contribution in [-0.4, -0.2) is 51.3 Å². The van der Waals surface area contributed by atoms with E-state index in [-0.39, 0.29) is 24.3 Å². The van der Waals surface area contributed by atoms with Gasteiger partial charge in [0.05, 0.1) is 13.2 Å². The van der Waals surface area contributed by atoms with Gasteiger partial charge in [-0.2, -0.15) is 0 Å². The third-order valence-corrected chi connectivity index (χ3v) is 6.77. The molecule has 7 nitrogen and oxygen atoms in total. The summed E-state index contributed by atoms with van der Waals surface area (Å²) in [4.78, 5) is 14.9. The van der Waals surface area contributed by atoms with Crippen LogP contribution in [0.2, 0.25) is 0 Å². The van der Waals surface area contributed by atoms with Gasteiger partial charge in [0.25, 0.3) is 0 Å². The first-order chi connectivity index (χ1) is 16.5. The molecule has 176 valence electrons. The molecular weight excluding hydrogens is 428 g/mol. The fourth-order valence-electron chi connectivity index (χ4n) is 4.96. The molecule has 0 atom stereocenters. The van der Waals surface area contributed by atoms with Crippen molar-refractivity contribution in [2.24, 2.45) is 7.05 Å². The summed E-state index contributed by atoms with van der Waals surface area (Å²) in [5, 5.41) is 28.0. The van der Waals surface area contributed by atoms with E-state index in [1.54, 1.807) is 18.2 Å². The van der Waals surface area contributed by atoms with Crippen molar-refractivity contribution in [3.05, 3.63) is 66.2 Å². The largest absolute Gasteiger partial charge is 0.508 e. The molecule has 0 radical (unpaired) electrons. The van der Waals surface area contributed by atoms with E-state index in [0.29, 0.717) is 12.1 Å². The van der Waals surface area contributed by atoms with Gasteiger partial charge < -0.3 is 25.4 Å². The molecule has 7 heteroatoms. The zero-order valence-electron chi connectivity index (χ0n) is 19.3. The molecule has 1 aliphatic rings. The number of fused-ring (bicyclic) bond motifs is 3. The standard InChI is InChI=1S/C27H30N4O3/c1-30-25-5-3-2-4-22(25)23-15-20(6-9-26(23)30)29-27(34)16-31-12-10-19(11-13-31)28-24-8-7-21(33)14-18(24)17-32/h2-9,14-15,19,28,32-33H,10-13,16-17H2,1H3,(H,29,34). The molecule has 0 saturated carbocycles. The highest BCUT2D eigenvalue weighted by Crippen LogP contribution is 2.30. The van der Waals surface area contributed by atoms with Crippen LogP contribution in [0.3, 0.4) is 0 Å². The Morgan fingerprint density at radius 2 is 1.76 bits per heavy atom. The average molecular weight is 459 g/mol. The van der Waals surface area contributed by atoms with Crippen LogP contribution in [0.4, 0.5) is 11.4 Å². The van der Waals surface area contributed by atoms with Gasteiger partial charge in [0.15, 0.2) is 0 Å². The van der Waals surface area contributed by atoms with Crippen LogP contribution in [0.25, 0.3) is 21.8 Å². The minimum absolute atomic E-state index is 0.00732. The summed E-state index contributed by atoms with van der Waals surface area (Å²) in [7, 11) is 2.06. The zero-order chi connectivity index (χ0) is 23.7. The summed E-state index contributed by atoms with van der Waals surface area (Å²) in [6.45, 7) is 1.88. The Kier molecular flexibility index (Phi) is 6.13. The lowest BCUT2D eigenvalue weighted by Crippen LogP contribution is -2.42. The molecule has 0 bridgehead atoms. The molecule has 1 aromatic heterocycles. The third-order valence-electron chi connectivity index (χ3n) is 6.77. The predicted molar refractivity (Wildman–Crippen MR) is 136 cm³/mol. The number of aromatic nitrogens is 1. The number of aliphatic hydroxyl groups is 1. The van der Waals surface area contributed by atoms with E-state index in [9.17, 15) is 15.0 Å². The van der Waals surface area contributed by atoms with E-state index in [1.807, 2.05) is 18.2 Å². The van der Waals surface area contributed by atoms with Crippen molar-refractivity contribution in [2.75, 3.05) is 30.3 Å². The van der Waals surface area contributed by atoms with E-state index in [1.165, 1.54) is 10.9 Å². The second-order valence-corrected chi connectivity index (χ2v) is 9.05. The Bertz CT molecular complexity index is 1340. The lowest BCUT2D eigenvalue weighted by atomic mass is 10.0. The number of amides is 1. The first-order valence-corrected chi connectivity index (χ1v) is 11.7. The molecule has 0 unspecified atom stereocenters. The fraction of sp³-hybridized carbons (Fsp3) is 0.296. The van der Waals surface area contributed by atoms with Crippen molar-refractivity contribution < 1.29 is 15.0 Å². The van der Waals surface area contributed by atoms with Gasteiger partial charge in [0.2, 0.25) is 5.91 Å². The highest BCUT2D eigenvalue weighted by molar-refractivity contribution is 6.09. The number of phenols is 1. The van der Waals surface area contributed by atoms with E-state index in [2.05, 4.69) is 51.4 Å². The highest BCUT2D eigenvalue weighted by Gasteiger charge is 2.21. The number of likely N-dealkylation sites (tertiary alicyclic amines) is 1. The van der Waals surface area contributed by atoms with Crippen molar-refractivity contribution in [3.63, 3.8) is 0 Å². The molecule has 5 rings (SSSR count). The second-order valence-electron chi connectivity index (χ2n) is 9.05. The zero-order valence-corrected chi connectivity index (χ0v) is 19.3. The number of benzene rings is 3. The number of nitrogens with zero attached hydrogens (tertiary/aromatic N) is 2. The van der Waals surface area contributed by atoms with Gasteiger partial charge in [-0.25, -0.2) is 0 Å². The summed E-state index contributed by atoms with van der Waals surface area (Å²) in [5.74, 6) is 0.141. The molecule has 1 aliphatic heterocycles. The summed E-state index contributed by atoms with van der Waals surface area (Å²) < 4.78 is 2.18. The number of carbonyl (C=O) groups excluding carboxylic acids is 1. The molecular formula is C27H30N4O3. The maximum atomic E-state index is 12.7. The number of phenolic OH excluding ortho intramolecular Hbond substituents is 1. The fourth-order valence-corrected chi connectivity index (χ4v) is 4.96.